The Hall–Kier alpha value is -2.39. The molecule has 0 heterocycles. The van der Waals surface area contributed by atoms with Crippen LogP contribution in [-0.2, 0) is 10.2 Å². The predicted octanol–water partition coefficient (Wildman–Crippen LogP) is 5.42. The number of nitrogens with zero attached hydrogens (tertiary/aromatic N) is 1. The Morgan fingerprint density at radius 1 is 0.800 bits per heavy atom. The van der Waals surface area contributed by atoms with Gasteiger partial charge in [0.05, 0.1) is 11.1 Å². The van der Waals surface area contributed by atoms with Gasteiger partial charge >= 0.3 is 0 Å². The van der Waals surface area contributed by atoms with Crippen molar-refractivity contribution in [2.45, 2.75) is 12.3 Å². The van der Waals surface area contributed by atoms with Gasteiger partial charge in [-0.05, 0) is 46.1 Å². The molecule has 0 aliphatic rings. The van der Waals surface area contributed by atoms with E-state index in [2.05, 4.69) is 15.9 Å². The maximum Gasteiger partial charge on any atom is 0.241 e. The lowest BCUT2D eigenvalue weighted by molar-refractivity contribution is -0.122. The number of para-hydroxylation sites is 1. The molecule has 0 aliphatic heterocycles. The zero-order valence-corrected chi connectivity index (χ0v) is 15.9. The first kappa shape index (κ1) is 17.4. The zero-order chi connectivity index (χ0) is 17.9. The summed E-state index contributed by atoms with van der Waals surface area (Å²) in [5.41, 5.74) is 2.04. The molecular weight excluding hydrogens is 374 g/mol. The third-order valence-electron chi connectivity index (χ3n) is 4.65. The lowest BCUT2D eigenvalue weighted by atomic mass is 9.75. The monoisotopic (exact) mass is 393 g/mol. The molecule has 0 radical (unpaired) electrons. The molecule has 3 aromatic carbocycles. The third kappa shape index (κ3) is 3.24. The highest BCUT2D eigenvalue weighted by molar-refractivity contribution is 9.10. The molecule has 0 aliphatic carbocycles. The Balaban J connectivity index is 2.12. The van der Waals surface area contributed by atoms with E-state index < -0.39 is 5.41 Å². The molecule has 0 saturated carbocycles. The van der Waals surface area contributed by atoms with Gasteiger partial charge in [-0.15, -0.1) is 0 Å². The second kappa shape index (κ2) is 7.24. The standard InChI is InChI=1S/C22H20BrNO/c1-22(17-11-5-3-6-12-17,18-13-7-4-8-14-18)21(25)24(2)20-16-10-9-15-19(20)23/h3-16H,1-2H3. The number of amides is 1. The first-order valence-corrected chi connectivity index (χ1v) is 8.98. The largest absolute Gasteiger partial charge is 0.313 e. The van der Waals surface area contributed by atoms with E-state index in [1.54, 1.807) is 4.90 Å². The van der Waals surface area contributed by atoms with Crippen molar-refractivity contribution in [2.75, 3.05) is 11.9 Å². The summed E-state index contributed by atoms with van der Waals surface area (Å²) in [5, 5.41) is 0. The van der Waals surface area contributed by atoms with Gasteiger partial charge in [-0.1, -0.05) is 72.8 Å². The molecule has 0 aromatic heterocycles. The summed E-state index contributed by atoms with van der Waals surface area (Å²) in [7, 11) is 1.83. The van der Waals surface area contributed by atoms with Gasteiger partial charge in [0.15, 0.2) is 0 Å². The molecular formula is C22H20BrNO. The third-order valence-corrected chi connectivity index (χ3v) is 5.32. The number of carbonyl (C=O) groups is 1. The number of anilines is 1. The molecule has 0 spiro atoms. The molecule has 3 rings (SSSR count). The Bertz CT molecular complexity index is 822. The van der Waals surface area contributed by atoms with Gasteiger partial charge in [-0.3, -0.25) is 4.79 Å². The fraction of sp³-hybridized carbons (Fsp3) is 0.136. The van der Waals surface area contributed by atoms with Crippen LogP contribution < -0.4 is 4.90 Å². The second-order valence-electron chi connectivity index (χ2n) is 6.17. The molecule has 0 saturated heterocycles. The van der Waals surface area contributed by atoms with E-state index in [1.165, 1.54) is 0 Å². The van der Waals surface area contributed by atoms with Gasteiger partial charge in [0.2, 0.25) is 5.91 Å². The number of halogens is 1. The average molecular weight is 394 g/mol. The van der Waals surface area contributed by atoms with Crippen LogP contribution in [0.2, 0.25) is 0 Å². The van der Waals surface area contributed by atoms with Crippen molar-refractivity contribution in [3.63, 3.8) is 0 Å². The van der Waals surface area contributed by atoms with Crippen LogP contribution in [0.15, 0.2) is 89.4 Å². The van der Waals surface area contributed by atoms with Gasteiger partial charge in [-0.25, -0.2) is 0 Å². The number of hydrogen-bond acceptors (Lipinski definition) is 1. The molecule has 0 N–H and O–H groups in total. The minimum atomic E-state index is -0.771. The molecule has 3 aromatic rings. The number of carbonyl (C=O) groups excluding carboxylic acids is 1. The highest BCUT2D eigenvalue weighted by Crippen LogP contribution is 2.36. The highest BCUT2D eigenvalue weighted by Gasteiger charge is 2.39. The van der Waals surface area contributed by atoms with Gasteiger partial charge in [0, 0.05) is 11.5 Å². The van der Waals surface area contributed by atoms with E-state index in [4.69, 9.17) is 0 Å². The van der Waals surface area contributed by atoms with Gasteiger partial charge in [0.25, 0.3) is 0 Å². The summed E-state index contributed by atoms with van der Waals surface area (Å²) in [6.45, 7) is 1.99. The average Bonchev–Trinajstić information content (AvgIpc) is 2.68. The minimum absolute atomic E-state index is 0.0248. The minimum Gasteiger partial charge on any atom is -0.313 e. The number of likely N-dealkylation sites (N-methyl/N-ethyl adjacent to an activating group) is 1. The molecule has 0 bridgehead atoms. The van der Waals surface area contributed by atoms with E-state index in [0.717, 1.165) is 21.3 Å². The SMILES string of the molecule is CN(C(=O)C(C)(c1ccccc1)c1ccccc1)c1ccccc1Br. The quantitative estimate of drug-likeness (QED) is 0.579. The topological polar surface area (TPSA) is 20.3 Å². The fourth-order valence-electron chi connectivity index (χ4n) is 3.13. The number of benzene rings is 3. The predicted molar refractivity (Wildman–Crippen MR) is 107 cm³/mol. The summed E-state index contributed by atoms with van der Waals surface area (Å²) in [6.07, 6.45) is 0. The summed E-state index contributed by atoms with van der Waals surface area (Å²) < 4.78 is 0.898. The number of hydrogen-bond donors (Lipinski definition) is 0. The van der Waals surface area contributed by atoms with Crippen LogP contribution in [-0.4, -0.2) is 13.0 Å². The summed E-state index contributed by atoms with van der Waals surface area (Å²) in [6, 6.07) is 27.7. The first-order valence-electron chi connectivity index (χ1n) is 8.19. The Morgan fingerprint density at radius 3 is 1.72 bits per heavy atom. The van der Waals surface area contributed by atoms with Gasteiger partial charge < -0.3 is 4.90 Å². The zero-order valence-electron chi connectivity index (χ0n) is 14.3. The first-order chi connectivity index (χ1) is 12.0. The van der Waals surface area contributed by atoms with Gasteiger partial charge in [-0.2, -0.15) is 0 Å². The van der Waals surface area contributed by atoms with E-state index in [-0.39, 0.29) is 5.91 Å². The van der Waals surface area contributed by atoms with Crippen molar-refractivity contribution in [1.29, 1.82) is 0 Å². The van der Waals surface area contributed by atoms with Crippen LogP contribution in [0.3, 0.4) is 0 Å². The second-order valence-corrected chi connectivity index (χ2v) is 7.03. The van der Waals surface area contributed by atoms with Crippen molar-refractivity contribution >= 4 is 27.5 Å². The van der Waals surface area contributed by atoms with E-state index >= 15 is 0 Å². The van der Waals surface area contributed by atoms with Crippen LogP contribution in [0, 0.1) is 0 Å². The van der Waals surface area contributed by atoms with Gasteiger partial charge in [0.1, 0.15) is 0 Å². The molecule has 2 nitrogen and oxygen atoms in total. The van der Waals surface area contributed by atoms with Crippen LogP contribution >= 0.6 is 15.9 Å². The van der Waals surface area contributed by atoms with E-state index in [0.29, 0.717) is 0 Å². The van der Waals surface area contributed by atoms with Crippen LogP contribution in [0.4, 0.5) is 5.69 Å². The van der Waals surface area contributed by atoms with Crippen molar-refractivity contribution in [3.05, 3.63) is 101 Å². The van der Waals surface area contributed by atoms with E-state index in [9.17, 15) is 4.79 Å². The molecule has 3 heteroatoms. The van der Waals surface area contributed by atoms with Crippen molar-refractivity contribution < 1.29 is 4.79 Å². The van der Waals surface area contributed by atoms with Crippen molar-refractivity contribution in [2.24, 2.45) is 0 Å². The lowest BCUT2D eigenvalue weighted by Gasteiger charge is -2.34. The molecule has 25 heavy (non-hydrogen) atoms. The fourth-order valence-corrected chi connectivity index (χ4v) is 3.68. The highest BCUT2D eigenvalue weighted by atomic mass is 79.9. The Morgan fingerprint density at radius 2 is 1.24 bits per heavy atom. The molecule has 1 amide bonds. The smallest absolute Gasteiger partial charge is 0.241 e. The van der Waals surface area contributed by atoms with Crippen LogP contribution in [0.5, 0.6) is 0 Å². The summed E-state index contributed by atoms with van der Waals surface area (Å²) in [5.74, 6) is 0.0248. The summed E-state index contributed by atoms with van der Waals surface area (Å²) >= 11 is 3.55. The Labute approximate surface area is 157 Å². The normalized spacial score (nSPS) is 11.2. The molecule has 0 fully saturated rings. The molecule has 0 atom stereocenters. The Kier molecular flexibility index (Phi) is 5.05. The van der Waals surface area contributed by atoms with Crippen LogP contribution in [0.1, 0.15) is 18.1 Å². The van der Waals surface area contributed by atoms with Crippen molar-refractivity contribution in [1.82, 2.24) is 0 Å². The number of rotatable bonds is 4. The maximum absolute atomic E-state index is 13.6. The van der Waals surface area contributed by atoms with Crippen molar-refractivity contribution in [3.8, 4) is 0 Å². The maximum atomic E-state index is 13.6. The van der Waals surface area contributed by atoms with Crippen LogP contribution in [0.25, 0.3) is 0 Å². The molecule has 0 unspecified atom stereocenters. The lowest BCUT2D eigenvalue weighted by Crippen LogP contribution is -2.44. The molecule has 126 valence electrons. The summed E-state index contributed by atoms with van der Waals surface area (Å²) in [4.78, 5) is 15.3. The van der Waals surface area contributed by atoms with E-state index in [1.807, 2.05) is 98.9 Å².